The van der Waals surface area contributed by atoms with Gasteiger partial charge >= 0.3 is 0 Å². The van der Waals surface area contributed by atoms with E-state index < -0.39 is 0 Å². The predicted octanol–water partition coefficient (Wildman–Crippen LogP) is 3.46. The first kappa shape index (κ1) is 13.6. The van der Waals surface area contributed by atoms with Crippen LogP contribution in [0.5, 0.6) is 0 Å². The molecule has 3 heteroatoms. The molecule has 0 atom stereocenters. The molecule has 0 bridgehead atoms. The zero-order chi connectivity index (χ0) is 12.8. The Morgan fingerprint density at radius 3 is 2.71 bits per heavy atom. The predicted molar refractivity (Wildman–Crippen MR) is 75.3 cm³/mol. The highest BCUT2D eigenvalue weighted by Gasteiger charge is 2.16. The second-order valence-corrected chi connectivity index (χ2v) is 5.14. The van der Waals surface area contributed by atoms with Crippen LogP contribution in [0.15, 0.2) is 58.0 Å². The van der Waals surface area contributed by atoms with E-state index in [9.17, 15) is 4.79 Å². The lowest BCUT2D eigenvalue weighted by Gasteiger charge is -2.08. The fourth-order valence-electron chi connectivity index (χ4n) is 1.36. The van der Waals surface area contributed by atoms with Crippen LogP contribution in [-0.4, -0.2) is 5.78 Å². The maximum atomic E-state index is 12.3. The van der Waals surface area contributed by atoms with Crippen LogP contribution in [-0.2, 0) is 4.79 Å². The Morgan fingerprint density at radius 1 is 1.41 bits per heavy atom. The SMILES string of the molecule is C=C(C)S/C(C(=O)C1=CCC=CC=C1)=C(\C)N. The molecule has 17 heavy (non-hydrogen) atoms. The smallest absolute Gasteiger partial charge is 0.201 e. The van der Waals surface area contributed by atoms with Gasteiger partial charge in [0.1, 0.15) is 0 Å². The molecule has 0 aromatic rings. The lowest BCUT2D eigenvalue weighted by Crippen LogP contribution is -2.08. The van der Waals surface area contributed by atoms with Crippen molar-refractivity contribution in [2.75, 3.05) is 0 Å². The van der Waals surface area contributed by atoms with E-state index in [-0.39, 0.29) is 5.78 Å². The molecule has 2 nitrogen and oxygen atoms in total. The molecule has 0 saturated heterocycles. The molecule has 1 rings (SSSR count). The van der Waals surface area contributed by atoms with Gasteiger partial charge in [-0.2, -0.15) is 0 Å². The van der Waals surface area contributed by atoms with E-state index in [4.69, 9.17) is 5.73 Å². The monoisotopic (exact) mass is 247 g/mol. The van der Waals surface area contributed by atoms with E-state index in [0.717, 1.165) is 11.3 Å². The van der Waals surface area contributed by atoms with Gasteiger partial charge in [0.25, 0.3) is 0 Å². The lowest BCUT2D eigenvalue weighted by atomic mass is 10.1. The number of nitrogens with two attached hydrogens (primary N) is 1. The molecule has 0 radical (unpaired) electrons. The van der Waals surface area contributed by atoms with Crippen molar-refractivity contribution in [1.29, 1.82) is 0 Å². The van der Waals surface area contributed by atoms with E-state index in [1.165, 1.54) is 11.8 Å². The minimum absolute atomic E-state index is 0.0297. The standard InChI is InChI=1S/C14H17NOS/c1-10(2)17-14(11(3)15)13(16)12-8-6-4-5-7-9-12/h4-6,8-9H,1,7,15H2,2-3H3/b14-11+. The van der Waals surface area contributed by atoms with Crippen molar-refractivity contribution in [3.05, 3.63) is 58.0 Å². The number of hydrogen-bond donors (Lipinski definition) is 1. The molecule has 0 aliphatic heterocycles. The quantitative estimate of drug-likeness (QED) is 0.774. The molecule has 0 fully saturated rings. The summed E-state index contributed by atoms with van der Waals surface area (Å²) in [7, 11) is 0. The highest BCUT2D eigenvalue weighted by Crippen LogP contribution is 2.28. The second kappa shape index (κ2) is 6.30. The lowest BCUT2D eigenvalue weighted by molar-refractivity contribution is -0.111. The maximum absolute atomic E-state index is 12.3. The van der Waals surface area contributed by atoms with E-state index in [1.807, 2.05) is 37.3 Å². The molecule has 90 valence electrons. The molecular formula is C14H17NOS. The zero-order valence-electron chi connectivity index (χ0n) is 10.2. The summed E-state index contributed by atoms with van der Waals surface area (Å²) < 4.78 is 0. The van der Waals surface area contributed by atoms with Gasteiger partial charge in [-0.15, -0.1) is 0 Å². The van der Waals surface area contributed by atoms with Gasteiger partial charge in [-0.3, -0.25) is 4.79 Å². The Morgan fingerprint density at radius 2 is 2.12 bits per heavy atom. The number of hydrogen-bond acceptors (Lipinski definition) is 3. The van der Waals surface area contributed by atoms with Crippen molar-refractivity contribution in [2.45, 2.75) is 20.3 Å². The van der Waals surface area contributed by atoms with Gasteiger partial charge < -0.3 is 5.73 Å². The average Bonchev–Trinajstić information content (AvgIpc) is 2.52. The second-order valence-electron chi connectivity index (χ2n) is 3.83. The van der Waals surface area contributed by atoms with Crippen LogP contribution in [0.2, 0.25) is 0 Å². The Kier molecular flexibility index (Phi) is 5.04. The molecule has 1 aliphatic rings. The van der Waals surface area contributed by atoms with Gasteiger partial charge in [0.05, 0.1) is 4.91 Å². The molecule has 0 spiro atoms. The number of rotatable bonds is 4. The highest BCUT2D eigenvalue weighted by molar-refractivity contribution is 8.07. The van der Waals surface area contributed by atoms with Gasteiger partial charge in [-0.05, 0) is 25.2 Å². The third-order valence-corrected chi connectivity index (χ3v) is 3.16. The van der Waals surface area contributed by atoms with E-state index >= 15 is 0 Å². The molecule has 0 amide bonds. The van der Waals surface area contributed by atoms with Crippen molar-refractivity contribution >= 4 is 17.5 Å². The number of carbonyl (C=O) groups excluding carboxylic acids is 1. The first-order chi connectivity index (χ1) is 8.02. The molecule has 0 heterocycles. The van der Waals surface area contributed by atoms with Crippen molar-refractivity contribution in [2.24, 2.45) is 5.73 Å². The van der Waals surface area contributed by atoms with Gasteiger partial charge in [0.2, 0.25) is 5.78 Å². The molecule has 2 N–H and O–H groups in total. The Hall–Kier alpha value is -1.48. The molecular weight excluding hydrogens is 230 g/mol. The van der Waals surface area contributed by atoms with Gasteiger partial charge in [0.15, 0.2) is 0 Å². The first-order valence-corrected chi connectivity index (χ1v) is 6.21. The Labute approximate surface area is 107 Å². The fourth-order valence-corrected chi connectivity index (χ4v) is 2.08. The summed E-state index contributed by atoms with van der Waals surface area (Å²) in [5.74, 6) is -0.0297. The zero-order valence-corrected chi connectivity index (χ0v) is 11.0. The van der Waals surface area contributed by atoms with E-state index in [1.54, 1.807) is 6.92 Å². The Bertz CT molecular complexity index is 449. The normalized spacial score (nSPS) is 16.0. The van der Waals surface area contributed by atoms with Crippen molar-refractivity contribution < 1.29 is 4.79 Å². The van der Waals surface area contributed by atoms with Gasteiger partial charge in [-0.25, -0.2) is 0 Å². The van der Waals surface area contributed by atoms with Gasteiger partial charge in [-0.1, -0.05) is 48.7 Å². The van der Waals surface area contributed by atoms with Crippen LogP contribution >= 0.6 is 11.8 Å². The summed E-state index contributed by atoms with van der Waals surface area (Å²) in [4.78, 5) is 13.7. The fraction of sp³-hybridized carbons (Fsp3) is 0.214. The Balaban J connectivity index is 2.98. The number of ketones is 1. The summed E-state index contributed by atoms with van der Waals surface area (Å²) in [6, 6.07) is 0. The van der Waals surface area contributed by atoms with Crippen LogP contribution in [0.1, 0.15) is 20.3 Å². The van der Waals surface area contributed by atoms with E-state index in [2.05, 4.69) is 6.58 Å². The minimum atomic E-state index is -0.0297. The van der Waals surface area contributed by atoms with Crippen molar-refractivity contribution in [3.63, 3.8) is 0 Å². The number of thioether (sulfide) groups is 1. The minimum Gasteiger partial charge on any atom is -0.401 e. The van der Waals surface area contributed by atoms with Crippen molar-refractivity contribution in [1.82, 2.24) is 0 Å². The summed E-state index contributed by atoms with van der Waals surface area (Å²) in [6.07, 6.45) is 10.3. The topological polar surface area (TPSA) is 43.1 Å². The van der Waals surface area contributed by atoms with Gasteiger partial charge in [0, 0.05) is 11.3 Å². The van der Waals surface area contributed by atoms with Crippen LogP contribution < -0.4 is 5.73 Å². The number of allylic oxidation sites excluding steroid dienone is 9. The summed E-state index contributed by atoms with van der Waals surface area (Å²) in [5, 5.41) is 0. The number of Topliss-reactive ketones (excluding diaryl/α,β-unsaturated/α-hetero) is 1. The van der Waals surface area contributed by atoms with Crippen molar-refractivity contribution in [3.8, 4) is 0 Å². The summed E-state index contributed by atoms with van der Waals surface area (Å²) >= 11 is 1.33. The molecule has 0 saturated carbocycles. The van der Waals surface area contributed by atoms with Crippen LogP contribution in [0.4, 0.5) is 0 Å². The highest BCUT2D eigenvalue weighted by atomic mass is 32.2. The number of carbonyl (C=O) groups is 1. The van der Waals surface area contributed by atoms with Crippen LogP contribution in [0, 0.1) is 0 Å². The van der Waals surface area contributed by atoms with E-state index in [0.29, 0.717) is 16.2 Å². The maximum Gasteiger partial charge on any atom is 0.201 e. The van der Waals surface area contributed by atoms with Crippen LogP contribution in [0.3, 0.4) is 0 Å². The molecule has 0 aromatic heterocycles. The molecule has 1 aliphatic carbocycles. The first-order valence-electron chi connectivity index (χ1n) is 5.40. The molecule has 0 aromatic carbocycles. The average molecular weight is 247 g/mol. The summed E-state index contributed by atoms with van der Waals surface area (Å²) in [5.41, 5.74) is 6.98. The largest absolute Gasteiger partial charge is 0.401 e. The third kappa shape index (κ3) is 4.11. The third-order valence-electron chi connectivity index (χ3n) is 2.10. The summed E-state index contributed by atoms with van der Waals surface area (Å²) in [6.45, 7) is 7.39. The molecule has 0 unspecified atom stereocenters. The van der Waals surface area contributed by atoms with Crippen LogP contribution in [0.25, 0.3) is 0 Å².